The Morgan fingerprint density at radius 2 is 2.11 bits per heavy atom. The molecule has 0 aromatic carbocycles. The van der Waals surface area contributed by atoms with Crippen LogP contribution < -0.4 is 0 Å². The fraction of sp³-hybridized carbons (Fsp3) is 0.167. The van der Waals surface area contributed by atoms with Gasteiger partial charge in [-0.3, -0.25) is 9.25 Å². The lowest BCUT2D eigenvalue weighted by molar-refractivity contribution is 0.145. The highest BCUT2D eigenvalue weighted by Gasteiger charge is 2.16. The molecule has 3 aromatic rings. The number of rotatable bonds is 2. The van der Waals surface area contributed by atoms with Crippen molar-refractivity contribution < 1.29 is 8.78 Å². The second kappa shape index (κ2) is 3.90. The Kier molecular flexibility index (Phi) is 2.36. The molecule has 18 heavy (non-hydrogen) atoms. The average Bonchev–Trinajstić information content (AvgIpc) is 2.92. The standard InChI is InChI=1S/C12H10F2N4/c1-17-10(7-9(16-17)11(13)14)18-6-4-8-3-2-5-15-12(8)18/h2-7,11H,1H3. The monoisotopic (exact) mass is 248 g/mol. The molecule has 0 bridgehead atoms. The first-order valence-corrected chi connectivity index (χ1v) is 5.41. The summed E-state index contributed by atoms with van der Waals surface area (Å²) in [5.74, 6) is 0.569. The van der Waals surface area contributed by atoms with E-state index in [1.165, 1.54) is 10.7 Å². The number of fused-ring (bicyclic) bond motifs is 1. The summed E-state index contributed by atoms with van der Waals surface area (Å²) in [6.07, 6.45) is 0.896. The molecule has 0 atom stereocenters. The minimum absolute atomic E-state index is 0.231. The van der Waals surface area contributed by atoms with Crippen LogP contribution in [0.15, 0.2) is 36.7 Å². The Labute approximate surface area is 101 Å². The molecule has 0 unspecified atom stereocenters. The molecule has 0 spiro atoms. The van der Waals surface area contributed by atoms with Gasteiger partial charge in [-0.2, -0.15) is 5.10 Å². The molecule has 0 aliphatic heterocycles. The van der Waals surface area contributed by atoms with Crippen LogP contribution in [0.1, 0.15) is 12.1 Å². The number of hydrogen-bond donors (Lipinski definition) is 0. The number of alkyl halides is 2. The first-order chi connectivity index (χ1) is 8.66. The van der Waals surface area contributed by atoms with Gasteiger partial charge in [-0.15, -0.1) is 0 Å². The molecule has 0 radical (unpaired) electrons. The lowest BCUT2D eigenvalue weighted by atomic mass is 10.3. The SMILES string of the molecule is Cn1nc(C(F)F)cc1-n1ccc2cccnc21. The van der Waals surface area contributed by atoms with Gasteiger partial charge in [0, 0.05) is 30.9 Å². The highest BCUT2D eigenvalue weighted by molar-refractivity contribution is 5.77. The average molecular weight is 248 g/mol. The van der Waals surface area contributed by atoms with Crippen LogP contribution in [0.5, 0.6) is 0 Å². The van der Waals surface area contributed by atoms with Crippen molar-refractivity contribution in [2.75, 3.05) is 0 Å². The number of hydrogen-bond acceptors (Lipinski definition) is 2. The maximum absolute atomic E-state index is 12.6. The van der Waals surface area contributed by atoms with Gasteiger partial charge in [0.15, 0.2) is 0 Å². The van der Waals surface area contributed by atoms with E-state index in [0.29, 0.717) is 5.82 Å². The van der Waals surface area contributed by atoms with Crippen LogP contribution in [0, 0.1) is 0 Å². The molecular formula is C12H10F2N4. The zero-order valence-corrected chi connectivity index (χ0v) is 9.59. The Hall–Kier alpha value is -2.24. The number of halogens is 2. The molecular weight excluding hydrogens is 238 g/mol. The van der Waals surface area contributed by atoms with E-state index in [9.17, 15) is 8.78 Å². The van der Waals surface area contributed by atoms with Crippen molar-refractivity contribution in [2.45, 2.75) is 6.43 Å². The van der Waals surface area contributed by atoms with Crippen molar-refractivity contribution in [2.24, 2.45) is 7.05 Å². The first kappa shape index (κ1) is 10.9. The third kappa shape index (κ3) is 1.57. The Bertz CT molecular complexity index is 699. The van der Waals surface area contributed by atoms with Crippen molar-refractivity contribution >= 4 is 11.0 Å². The molecule has 0 saturated carbocycles. The van der Waals surface area contributed by atoms with Crippen LogP contribution >= 0.6 is 0 Å². The molecule has 0 fully saturated rings. The maximum atomic E-state index is 12.6. The topological polar surface area (TPSA) is 35.6 Å². The van der Waals surface area contributed by atoms with Crippen LogP contribution in [0.25, 0.3) is 16.9 Å². The highest BCUT2D eigenvalue weighted by Crippen LogP contribution is 2.22. The van der Waals surface area contributed by atoms with Gasteiger partial charge in [-0.25, -0.2) is 13.8 Å². The molecule has 0 aliphatic rings. The summed E-state index contributed by atoms with van der Waals surface area (Å²) in [5.41, 5.74) is 0.492. The van der Waals surface area contributed by atoms with Crippen molar-refractivity contribution in [3.05, 3.63) is 42.4 Å². The number of nitrogens with zero attached hydrogens (tertiary/aromatic N) is 4. The van der Waals surface area contributed by atoms with Gasteiger partial charge in [0.1, 0.15) is 17.2 Å². The van der Waals surface area contributed by atoms with Gasteiger partial charge >= 0.3 is 0 Å². The normalized spacial score (nSPS) is 11.6. The highest BCUT2D eigenvalue weighted by atomic mass is 19.3. The second-order valence-electron chi connectivity index (χ2n) is 3.95. The van der Waals surface area contributed by atoms with Crippen molar-refractivity contribution in [1.82, 2.24) is 19.3 Å². The van der Waals surface area contributed by atoms with E-state index in [1.807, 2.05) is 18.2 Å². The summed E-state index contributed by atoms with van der Waals surface area (Å²) in [5, 5.41) is 4.75. The Morgan fingerprint density at radius 1 is 1.28 bits per heavy atom. The quantitative estimate of drug-likeness (QED) is 0.699. The van der Waals surface area contributed by atoms with Crippen LogP contribution in [0.4, 0.5) is 8.78 Å². The minimum atomic E-state index is -2.57. The lowest BCUT2D eigenvalue weighted by Crippen LogP contribution is -2.02. The molecule has 0 saturated heterocycles. The molecule has 3 rings (SSSR count). The third-order valence-corrected chi connectivity index (χ3v) is 2.79. The zero-order valence-electron chi connectivity index (χ0n) is 9.59. The molecule has 3 heterocycles. The smallest absolute Gasteiger partial charge is 0.282 e. The summed E-state index contributed by atoms with van der Waals surface area (Å²) >= 11 is 0. The predicted molar refractivity (Wildman–Crippen MR) is 62.8 cm³/mol. The van der Waals surface area contributed by atoms with E-state index in [1.54, 1.807) is 24.0 Å². The van der Waals surface area contributed by atoms with Gasteiger partial charge < -0.3 is 0 Å². The van der Waals surface area contributed by atoms with Gasteiger partial charge in [-0.05, 0) is 18.2 Å². The summed E-state index contributed by atoms with van der Waals surface area (Å²) in [6, 6.07) is 7.01. The summed E-state index contributed by atoms with van der Waals surface area (Å²) in [4.78, 5) is 4.25. The zero-order chi connectivity index (χ0) is 12.7. The van der Waals surface area contributed by atoms with Crippen LogP contribution in [-0.2, 0) is 7.05 Å². The number of aryl methyl sites for hydroxylation is 1. The fourth-order valence-electron chi connectivity index (χ4n) is 1.96. The van der Waals surface area contributed by atoms with Crippen molar-refractivity contribution in [3.63, 3.8) is 0 Å². The van der Waals surface area contributed by atoms with Crippen molar-refractivity contribution in [1.29, 1.82) is 0 Å². The Morgan fingerprint density at radius 3 is 2.83 bits per heavy atom. The van der Waals surface area contributed by atoms with E-state index < -0.39 is 6.43 Å². The summed E-state index contributed by atoms with van der Waals surface area (Å²) in [6.45, 7) is 0. The van der Waals surface area contributed by atoms with E-state index in [-0.39, 0.29) is 5.69 Å². The lowest BCUT2D eigenvalue weighted by Gasteiger charge is -2.03. The largest absolute Gasteiger partial charge is 0.286 e. The van der Waals surface area contributed by atoms with E-state index in [0.717, 1.165) is 11.0 Å². The third-order valence-electron chi connectivity index (χ3n) is 2.79. The second-order valence-corrected chi connectivity index (χ2v) is 3.95. The minimum Gasteiger partial charge on any atom is -0.286 e. The molecule has 3 aromatic heterocycles. The molecule has 4 nitrogen and oxygen atoms in total. The molecule has 0 N–H and O–H groups in total. The molecule has 0 amide bonds. The van der Waals surface area contributed by atoms with E-state index in [2.05, 4.69) is 10.1 Å². The summed E-state index contributed by atoms with van der Waals surface area (Å²) in [7, 11) is 1.63. The predicted octanol–water partition coefficient (Wildman–Crippen LogP) is 2.70. The molecule has 0 aliphatic carbocycles. The number of pyridine rings is 1. The van der Waals surface area contributed by atoms with Crippen LogP contribution in [-0.4, -0.2) is 19.3 Å². The van der Waals surface area contributed by atoms with E-state index >= 15 is 0 Å². The van der Waals surface area contributed by atoms with Gasteiger partial charge in [-0.1, -0.05) is 0 Å². The van der Waals surface area contributed by atoms with Gasteiger partial charge in [0.2, 0.25) is 0 Å². The summed E-state index contributed by atoms with van der Waals surface area (Å²) < 4.78 is 28.4. The Balaban J connectivity index is 2.20. The van der Waals surface area contributed by atoms with Gasteiger partial charge in [0.25, 0.3) is 6.43 Å². The molecule has 92 valence electrons. The van der Waals surface area contributed by atoms with Crippen LogP contribution in [0.3, 0.4) is 0 Å². The maximum Gasteiger partial charge on any atom is 0.282 e. The van der Waals surface area contributed by atoms with Gasteiger partial charge in [0.05, 0.1) is 0 Å². The fourth-order valence-corrected chi connectivity index (χ4v) is 1.96. The van der Waals surface area contributed by atoms with Crippen molar-refractivity contribution in [3.8, 4) is 5.82 Å². The molecule has 6 heteroatoms. The van der Waals surface area contributed by atoms with Crippen LogP contribution in [0.2, 0.25) is 0 Å². The first-order valence-electron chi connectivity index (χ1n) is 5.41. The number of aromatic nitrogens is 4. The van der Waals surface area contributed by atoms with E-state index in [4.69, 9.17) is 0 Å².